The normalized spacial score (nSPS) is 12.0. The lowest BCUT2D eigenvalue weighted by Crippen LogP contribution is -2.06. The van der Waals surface area contributed by atoms with E-state index in [0.717, 1.165) is 0 Å². The molecule has 0 saturated carbocycles. The van der Waals surface area contributed by atoms with Crippen molar-refractivity contribution in [1.82, 2.24) is 0 Å². The minimum absolute atomic E-state index is 0.252. The highest BCUT2D eigenvalue weighted by Crippen LogP contribution is 1.93. The summed E-state index contributed by atoms with van der Waals surface area (Å²) in [7, 11) is 0. The van der Waals surface area contributed by atoms with Gasteiger partial charge in [-0.15, -0.1) is 0 Å². The largest absolute Gasteiger partial charge is 0.480 e. The molecule has 0 aliphatic heterocycles. The molecule has 56 valence electrons. The Bertz CT molecular complexity index is 171. The summed E-state index contributed by atoms with van der Waals surface area (Å²) in [5.74, 6) is 4.29. The molecular weight excluding hydrogens is 128 g/mol. The molecule has 0 rings (SSSR count). The van der Waals surface area contributed by atoms with Crippen LogP contribution in [0.15, 0.2) is 0 Å². The molecule has 0 aliphatic rings. The van der Waals surface area contributed by atoms with E-state index in [1.165, 1.54) is 0 Å². The first-order chi connectivity index (χ1) is 4.54. The van der Waals surface area contributed by atoms with E-state index < -0.39 is 11.9 Å². The van der Waals surface area contributed by atoms with Crippen molar-refractivity contribution in [3.8, 4) is 11.8 Å². The van der Waals surface area contributed by atoms with Gasteiger partial charge < -0.3 is 5.11 Å². The molecule has 2 heteroatoms. The molecule has 0 spiro atoms. The molecule has 0 aromatic carbocycles. The van der Waals surface area contributed by atoms with E-state index in [-0.39, 0.29) is 5.92 Å². The highest BCUT2D eigenvalue weighted by atomic mass is 16.4. The maximum absolute atomic E-state index is 10.2. The molecule has 10 heavy (non-hydrogen) atoms. The van der Waals surface area contributed by atoms with Crippen molar-refractivity contribution in [3.05, 3.63) is 0 Å². The Balaban J connectivity index is 3.92. The van der Waals surface area contributed by atoms with Gasteiger partial charge in [-0.3, -0.25) is 4.79 Å². The number of carboxylic acids is 1. The van der Waals surface area contributed by atoms with Crippen LogP contribution in [0.2, 0.25) is 0 Å². The van der Waals surface area contributed by atoms with Crippen LogP contribution in [0, 0.1) is 23.7 Å². The fraction of sp³-hybridized carbons (Fsp3) is 0.625. The van der Waals surface area contributed by atoms with Gasteiger partial charge in [-0.25, -0.2) is 0 Å². The molecular formula is C8H12O2. The molecule has 1 atom stereocenters. The van der Waals surface area contributed by atoms with Crippen molar-refractivity contribution in [3.63, 3.8) is 0 Å². The first-order valence-electron chi connectivity index (χ1n) is 3.28. The van der Waals surface area contributed by atoms with Crippen LogP contribution in [0.1, 0.15) is 20.8 Å². The maximum Gasteiger partial charge on any atom is 0.318 e. The Morgan fingerprint density at radius 2 is 1.80 bits per heavy atom. The van der Waals surface area contributed by atoms with E-state index in [1.54, 1.807) is 6.92 Å². The van der Waals surface area contributed by atoms with Crippen molar-refractivity contribution in [2.24, 2.45) is 11.8 Å². The van der Waals surface area contributed by atoms with Gasteiger partial charge in [-0.05, 0) is 6.92 Å². The molecule has 0 aromatic rings. The highest BCUT2D eigenvalue weighted by Gasteiger charge is 2.04. The summed E-state index contributed by atoms with van der Waals surface area (Å²) >= 11 is 0. The molecule has 0 aromatic heterocycles. The van der Waals surface area contributed by atoms with Gasteiger partial charge in [0, 0.05) is 5.92 Å². The number of hydrogen-bond donors (Lipinski definition) is 1. The summed E-state index contributed by atoms with van der Waals surface area (Å²) < 4.78 is 0. The predicted octanol–water partition coefficient (Wildman–Crippen LogP) is 1.37. The lowest BCUT2D eigenvalue weighted by molar-refractivity contribution is -0.139. The molecule has 1 N–H and O–H groups in total. The number of carboxylic acid groups (broad SMARTS) is 1. The Morgan fingerprint density at radius 1 is 1.30 bits per heavy atom. The summed E-state index contributed by atoms with van der Waals surface area (Å²) in [5, 5.41) is 8.39. The summed E-state index contributed by atoms with van der Waals surface area (Å²) in [6, 6.07) is 0. The minimum Gasteiger partial charge on any atom is -0.480 e. The van der Waals surface area contributed by atoms with E-state index in [1.807, 2.05) is 13.8 Å². The highest BCUT2D eigenvalue weighted by molar-refractivity contribution is 5.72. The van der Waals surface area contributed by atoms with Gasteiger partial charge in [0.25, 0.3) is 0 Å². The van der Waals surface area contributed by atoms with Crippen LogP contribution in [0.4, 0.5) is 0 Å². The van der Waals surface area contributed by atoms with Crippen LogP contribution in [-0.2, 0) is 4.79 Å². The third kappa shape index (κ3) is 3.96. The number of carbonyl (C=O) groups is 1. The Morgan fingerprint density at radius 3 is 2.10 bits per heavy atom. The van der Waals surface area contributed by atoms with Crippen LogP contribution in [-0.4, -0.2) is 11.1 Å². The number of aliphatic carboxylic acids is 1. The molecule has 1 unspecified atom stereocenters. The van der Waals surface area contributed by atoms with Crippen molar-refractivity contribution < 1.29 is 9.90 Å². The van der Waals surface area contributed by atoms with Gasteiger partial charge in [-0.1, -0.05) is 25.7 Å². The van der Waals surface area contributed by atoms with Crippen molar-refractivity contribution >= 4 is 5.97 Å². The molecule has 0 aliphatic carbocycles. The second kappa shape index (κ2) is 3.94. The third-order valence-electron chi connectivity index (χ3n) is 0.959. The zero-order valence-corrected chi connectivity index (χ0v) is 6.51. The van der Waals surface area contributed by atoms with Crippen molar-refractivity contribution in [2.75, 3.05) is 0 Å². The van der Waals surface area contributed by atoms with Crippen LogP contribution in [0.25, 0.3) is 0 Å². The smallest absolute Gasteiger partial charge is 0.318 e. The molecule has 0 amide bonds. The SMILES string of the molecule is CC(C)C#CC(C)C(=O)O. The van der Waals surface area contributed by atoms with E-state index >= 15 is 0 Å². The third-order valence-corrected chi connectivity index (χ3v) is 0.959. The second-order valence-electron chi connectivity index (χ2n) is 2.50. The Labute approximate surface area is 61.2 Å². The molecule has 0 saturated heterocycles. The van der Waals surface area contributed by atoms with Gasteiger partial charge in [0.1, 0.15) is 5.92 Å². The minimum atomic E-state index is -0.854. The van der Waals surface area contributed by atoms with Crippen LogP contribution >= 0.6 is 0 Å². The number of rotatable bonds is 1. The fourth-order valence-corrected chi connectivity index (χ4v) is 0.353. The van der Waals surface area contributed by atoms with E-state index in [4.69, 9.17) is 5.11 Å². The standard InChI is InChI=1S/C8H12O2/c1-6(2)4-5-7(3)8(9)10/h6-7H,1-3H3,(H,9,10). The first kappa shape index (κ1) is 9.03. The topological polar surface area (TPSA) is 37.3 Å². The van der Waals surface area contributed by atoms with Gasteiger partial charge in [0.05, 0.1) is 0 Å². The molecule has 2 nitrogen and oxygen atoms in total. The predicted molar refractivity (Wildman–Crippen MR) is 39.4 cm³/mol. The zero-order chi connectivity index (χ0) is 8.15. The zero-order valence-electron chi connectivity index (χ0n) is 6.51. The van der Waals surface area contributed by atoms with Gasteiger partial charge >= 0.3 is 5.97 Å². The average Bonchev–Trinajstić information content (AvgIpc) is 1.82. The van der Waals surface area contributed by atoms with Gasteiger partial charge in [-0.2, -0.15) is 0 Å². The second-order valence-corrected chi connectivity index (χ2v) is 2.50. The fourth-order valence-electron chi connectivity index (χ4n) is 0.353. The lowest BCUT2D eigenvalue weighted by Gasteiger charge is -1.93. The molecule has 0 radical (unpaired) electrons. The summed E-state index contributed by atoms with van der Waals surface area (Å²) in [6.45, 7) is 5.45. The monoisotopic (exact) mass is 140 g/mol. The van der Waals surface area contributed by atoms with Crippen molar-refractivity contribution in [1.29, 1.82) is 0 Å². The summed E-state index contributed by atoms with van der Waals surface area (Å²) in [6.07, 6.45) is 0. The maximum atomic E-state index is 10.2. The van der Waals surface area contributed by atoms with Crippen LogP contribution in [0.3, 0.4) is 0 Å². The van der Waals surface area contributed by atoms with Crippen LogP contribution in [0.5, 0.6) is 0 Å². The van der Waals surface area contributed by atoms with E-state index in [2.05, 4.69) is 11.8 Å². The van der Waals surface area contributed by atoms with E-state index in [0.29, 0.717) is 0 Å². The van der Waals surface area contributed by atoms with Gasteiger partial charge in [0.2, 0.25) is 0 Å². The first-order valence-corrected chi connectivity index (χ1v) is 3.28. The summed E-state index contributed by atoms with van der Waals surface area (Å²) in [4.78, 5) is 10.2. The molecule has 0 fully saturated rings. The van der Waals surface area contributed by atoms with E-state index in [9.17, 15) is 4.79 Å². The Hall–Kier alpha value is -0.970. The Kier molecular flexibility index (Phi) is 3.56. The quantitative estimate of drug-likeness (QED) is 0.558. The lowest BCUT2D eigenvalue weighted by atomic mass is 10.1. The number of hydrogen-bond acceptors (Lipinski definition) is 1. The molecule has 0 bridgehead atoms. The van der Waals surface area contributed by atoms with Crippen LogP contribution < -0.4 is 0 Å². The summed E-state index contributed by atoms with van der Waals surface area (Å²) in [5.41, 5.74) is 0. The van der Waals surface area contributed by atoms with Gasteiger partial charge in [0.15, 0.2) is 0 Å². The molecule has 0 heterocycles. The average molecular weight is 140 g/mol. The van der Waals surface area contributed by atoms with Crippen molar-refractivity contribution in [2.45, 2.75) is 20.8 Å².